The summed E-state index contributed by atoms with van der Waals surface area (Å²) in [6.07, 6.45) is 2.79. The highest BCUT2D eigenvalue weighted by atomic mass is 16.1. The molecule has 1 fully saturated rings. The Bertz CT molecular complexity index is 515. The average molecular weight is 301 g/mol. The maximum absolute atomic E-state index is 12.2. The van der Waals surface area contributed by atoms with Crippen LogP contribution in [0, 0.1) is 0 Å². The second-order valence-corrected chi connectivity index (χ2v) is 7.23. The molecule has 1 aliphatic heterocycles. The molecular weight excluding hydrogens is 274 g/mol. The second-order valence-electron chi connectivity index (χ2n) is 7.23. The molecule has 0 aliphatic carbocycles. The van der Waals surface area contributed by atoms with Crippen LogP contribution in [0.15, 0.2) is 24.3 Å². The van der Waals surface area contributed by atoms with Gasteiger partial charge in [0.25, 0.3) is 0 Å². The summed E-state index contributed by atoms with van der Waals surface area (Å²) in [7, 11) is 0. The van der Waals surface area contributed by atoms with Crippen molar-refractivity contribution in [1.29, 1.82) is 0 Å². The molecule has 0 radical (unpaired) electrons. The molecule has 0 unspecified atom stereocenters. The van der Waals surface area contributed by atoms with E-state index in [2.05, 4.69) is 37.8 Å². The number of carbonyl (C=O) groups excluding carboxylic acids is 2. The quantitative estimate of drug-likeness (QED) is 0.780. The molecule has 0 atom stereocenters. The van der Waals surface area contributed by atoms with E-state index in [4.69, 9.17) is 0 Å². The Labute approximate surface area is 133 Å². The first-order valence-corrected chi connectivity index (χ1v) is 8.24. The van der Waals surface area contributed by atoms with Gasteiger partial charge in [-0.1, -0.05) is 45.0 Å². The molecule has 1 heterocycles. The third-order valence-corrected chi connectivity index (χ3v) is 4.36. The molecule has 22 heavy (non-hydrogen) atoms. The summed E-state index contributed by atoms with van der Waals surface area (Å²) < 4.78 is 0. The molecule has 0 saturated carbocycles. The molecule has 0 aromatic heterocycles. The number of ketones is 2. The van der Waals surface area contributed by atoms with Crippen molar-refractivity contribution in [2.75, 3.05) is 19.6 Å². The van der Waals surface area contributed by atoms with Crippen LogP contribution in [0.5, 0.6) is 0 Å². The van der Waals surface area contributed by atoms with E-state index < -0.39 is 0 Å². The Morgan fingerprint density at radius 3 is 2.23 bits per heavy atom. The number of rotatable bonds is 5. The predicted molar refractivity (Wildman–Crippen MR) is 89.4 cm³/mol. The first-order chi connectivity index (χ1) is 10.4. The topological polar surface area (TPSA) is 37.4 Å². The van der Waals surface area contributed by atoms with Gasteiger partial charge in [0, 0.05) is 37.9 Å². The van der Waals surface area contributed by atoms with Gasteiger partial charge in [0.05, 0.1) is 0 Å². The Morgan fingerprint density at radius 1 is 1.09 bits per heavy atom. The summed E-state index contributed by atoms with van der Waals surface area (Å²) in [6, 6.07) is 8.01. The van der Waals surface area contributed by atoms with Gasteiger partial charge in [0.1, 0.15) is 5.78 Å². The lowest BCUT2D eigenvalue weighted by molar-refractivity contribution is -0.121. The number of carbonyl (C=O) groups is 2. The molecule has 1 aromatic carbocycles. The normalized spacial score (nSPS) is 16.8. The Hall–Kier alpha value is -1.48. The van der Waals surface area contributed by atoms with Crippen LogP contribution in [0.25, 0.3) is 0 Å². The van der Waals surface area contributed by atoms with Crippen LogP contribution >= 0.6 is 0 Å². The number of likely N-dealkylation sites (tertiary alicyclic amines) is 1. The second kappa shape index (κ2) is 7.19. The molecule has 3 nitrogen and oxygen atoms in total. The van der Waals surface area contributed by atoms with Crippen molar-refractivity contribution < 1.29 is 9.59 Å². The number of nitrogens with zero attached hydrogens (tertiary/aromatic N) is 1. The summed E-state index contributed by atoms with van der Waals surface area (Å²) in [5, 5.41) is 0. The zero-order chi connectivity index (χ0) is 16.2. The maximum atomic E-state index is 12.2. The Morgan fingerprint density at radius 2 is 1.68 bits per heavy atom. The van der Waals surface area contributed by atoms with Crippen molar-refractivity contribution in [3.8, 4) is 0 Å². The fourth-order valence-electron chi connectivity index (χ4n) is 2.79. The van der Waals surface area contributed by atoms with Gasteiger partial charge in [-0.15, -0.1) is 0 Å². The van der Waals surface area contributed by atoms with Gasteiger partial charge in [-0.3, -0.25) is 9.59 Å². The third kappa shape index (κ3) is 4.77. The summed E-state index contributed by atoms with van der Waals surface area (Å²) in [6.45, 7) is 9.15. The minimum atomic E-state index is 0.118. The van der Waals surface area contributed by atoms with E-state index in [1.807, 2.05) is 12.1 Å². The van der Waals surface area contributed by atoms with Crippen molar-refractivity contribution in [1.82, 2.24) is 4.90 Å². The lowest BCUT2D eigenvalue weighted by Crippen LogP contribution is -2.34. The van der Waals surface area contributed by atoms with Crippen molar-refractivity contribution >= 4 is 11.6 Å². The van der Waals surface area contributed by atoms with Crippen LogP contribution in [-0.4, -0.2) is 36.1 Å². The van der Waals surface area contributed by atoms with Gasteiger partial charge >= 0.3 is 0 Å². The third-order valence-electron chi connectivity index (χ3n) is 4.36. The zero-order valence-electron chi connectivity index (χ0n) is 14.0. The molecular formula is C19H27NO2. The zero-order valence-corrected chi connectivity index (χ0v) is 14.0. The smallest absolute Gasteiger partial charge is 0.162 e. The number of hydrogen-bond acceptors (Lipinski definition) is 3. The summed E-state index contributed by atoms with van der Waals surface area (Å²) in [5.74, 6) is 0.583. The molecule has 0 N–H and O–H groups in total. The maximum Gasteiger partial charge on any atom is 0.162 e. The average Bonchev–Trinajstić information content (AvgIpc) is 2.48. The highest BCUT2D eigenvalue weighted by Crippen LogP contribution is 2.22. The van der Waals surface area contributed by atoms with Crippen LogP contribution in [0.4, 0.5) is 0 Å². The van der Waals surface area contributed by atoms with E-state index in [9.17, 15) is 9.59 Å². The first-order valence-electron chi connectivity index (χ1n) is 8.24. The van der Waals surface area contributed by atoms with E-state index in [1.54, 1.807) is 0 Å². The molecule has 1 saturated heterocycles. The summed E-state index contributed by atoms with van der Waals surface area (Å²) >= 11 is 0. The van der Waals surface area contributed by atoms with E-state index in [1.165, 1.54) is 5.56 Å². The molecule has 0 amide bonds. The molecule has 0 spiro atoms. The minimum Gasteiger partial charge on any atom is -0.302 e. The van der Waals surface area contributed by atoms with Gasteiger partial charge < -0.3 is 4.90 Å². The van der Waals surface area contributed by atoms with Gasteiger partial charge in [0.2, 0.25) is 0 Å². The van der Waals surface area contributed by atoms with Crippen molar-refractivity contribution in [3.63, 3.8) is 0 Å². The lowest BCUT2D eigenvalue weighted by Gasteiger charge is -2.25. The van der Waals surface area contributed by atoms with Gasteiger partial charge in [-0.2, -0.15) is 0 Å². The lowest BCUT2D eigenvalue weighted by atomic mass is 9.86. The van der Waals surface area contributed by atoms with Crippen LogP contribution in [0.3, 0.4) is 0 Å². The van der Waals surface area contributed by atoms with E-state index in [-0.39, 0.29) is 11.2 Å². The highest BCUT2D eigenvalue weighted by Gasteiger charge is 2.17. The predicted octanol–water partition coefficient (Wildman–Crippen LogP) is 3.61. The molecule has 1 aromatic rings. The first kappa shape index (κ1) is 16.9. The van der Waals surface area contributed by atoms with Gasteiger partial charge in [-0.05, 0) is 23.9 Å². The monoisotopic (exact) mass is 301 g/mol. The molecule has 0 bridgehead atoms. The van der Waals surface area contributed by atoms with E-state index >= 15 is 0 Å². The fraction of sp³-hybridized carbons (Fsp3) is 0.579. The fourth-order valence-corrected chi connectivity index (χ4v) is 2.79. The van der Waals surface area contributed by atoms with Crippen LogP contribution in [-0.2, 0) is 10.2 Å². The van der Waals surface area contributed by atoms with E-state index in [0.29, 0.717) is 25.0 Å². The van der Waals surface area contributed by atoms with Crippen molar-refractivity contribution in [2.45, 2.75) is 51.9 Å². The number of piperidine rings is 1. The molecule has 1 aliphatic rings. The molecule has 120 valence electrons. The Balaban J connectivity index is 1.78. The summed E-state index contributed by atoms with van der Waals surface area (Å²) in [5.41, 5.74) is 2.18. The largest absolute Gasteiger partial charge is 0.302 e. The Kier molecular flexibility index (Phi) is 5.52. The van der Waals surface area contributed by atoms with Crippen LogP contribution in [0.2, 0.25) is 0 Å². The van der Waals surface area contributed by atoms with Crippen molar-refractivity contribution in [2.24, 2.45) is 0 Å². The van der Waals surface area contributed by atoms with Crippen molar-refractivity contribution in [3.05, 3.63) is 35.4 Å². The highest BCUT2D eigenvalue weighted by molar-refractivity contribution is 5.96. The number of hydrogen-bond donors (Lipinski definition) is 0. The van der Waals surface area contributed by atoms with Crippen LogP contribution in [0.1, 0.15) is 62.4 Å². The van der Waals surface area contributed by atoms with Crippen LogP contribution < -0.4 is 0 Å². The summed E-state index contributed by atoms with van der Waals surface area (Å²) in [4.78, 5) is 25.7. The van der Waals surface area contributed by atoms with E-state index in [0.717, 1.165) is 31.6 Å². The van der Waals surface area contributed by atoms with Gasteiger partial charge in [0.15, 0.2) is 5.78 Å². The SMILES string of the molecule is CC(C)(C)c1ccc(C(=O)CCCN2CCC(=O)CC2)cc1. The van der Waals surface area contributed by atoms with Gasteiger partial charge in [-0.25, -0.2) is 0 Å². The number of Topliss-reactive ketones (excluding diaryl/α,β-unsaturated/α-hetero) is 2. The molecule has 2 rings (SSSR count). The molecule has 3 heteroatoms. The standard InChI is InChI=1S/C19H27NO2/c1-19(2,3)16-8-6-15(7-9-16)18(22)5-4-12-20-13-10-17(21)11-14-20/h6-9H,4-5,10-14H2,1-3H3. The minimum absolute atomic E-state index is 0.118. The number of benzene rings is 1.